The van der Waals surface area contributed by atoms with Crippen LogP contribution in [-0.4, -0.2) is 5.71 Å². The molecule has 0 saturated heterocycles. The van der Waals surface area contributed by atoms with E-state index >= 15 is 0 Å². The molecule has 4 rings (SSSR count). The number of nitrogens with zero attached hydrogens (tertiary/aromatic N) is 1. The molecule has 0 N–H and O–H groups in total. The van der Waals surface area contributed by atoms with Gasteiger partial charge in [-0.25, -0.2) is 0 Å². The van der Waals surface area contributed by atoms with E-state index in [9.17, 15) is 5.41 Å². The number of aryl methyl sites for hydroxylation is 4. The number of hydrogen-bond donors (Lipinski definition) is 0. The number of fused-ring (bicyclic) bond motifs is 2. The largest absolute Gasteiger partial charge is 1.00 e. The minimum Gasteiger partial charge on any atom is -0.803 e. The van der Waals surface area contributed by atoms with Crippen molar-refractivity contribution >= 4 is 5.71 Å². The van der Waals surface area contributed by atoms with Gasteiger partial charge >= 0.3 is 18.9 Å². The van der Waals surface area contributed by atoms with E-state index < -0.39 is 0 Å². The molecule has 0 fully saturated rings. The summed E-state index contributed by atoms with van der Waals surface area (Å²) in [6, 6.07) is 19.2. The van der Waals surface area contributed by atoms with E-state index in [0.29, 0.717) is 5.71 Å². The summed E-state index contributed by atoms with van der Waals surface area (Å²) in [4.78, 5) is 0. The molecule has 0 aromatic heterocycles. The Morgan fingerprint density at radius 3 is 1.50 bits per heavy atom. The van der Waals surface area contributed by atoms with E-state index in [1.54, 1.807) is 0 Å². The number of benzene rings is 3. The van der Waals surface area contributed by atoms with Crippen molar-refractivity contribution in [2.45, 2.75) is 33.6 Å². The first-order chi connectivity index (χ1) is 12.0. The smallest absolute Gasteiger partial charge is 0.803 e. The molecule has 0 saturated carbocycles. The molecule has 0 unspecified atom stereocenters. The van der Waals surface area contributed by atoms with Crippen molar-refractivity contribution in [1.29, 1.82) is 0 Å². The molecular formula is C24H22LiN. The molecule has 0 heterocycles. The van der Waals surface area contributed by atoms with Gasteiger partial charge in [-0.3, -0.25) is 0 Å². The van der Waals surface area contributed by atoms with Crippen LogP contribution in [0.4, 0.5) is 0 Å². The fourth-order valence-corrected chi connectivity index (χ4v) is 4.29. The molecule has 2 heteroatoms. The summed E-state index contributed by atoms with van der Waals surface area (Å²) >= 11 is 0. The first kappa shape index (κ1) is 18.7. The number of rotatable bonds is 1. The normalized spacial score (nSPS) is 13.0. The Labute approximate surface area is 168 Å². The molecule has 0 aliphatic heterocycles. The summed E-state index contributed by atoms with van der Waals surface area (Å²) in [5.41, 5.74) is 10.9. The van der Waals surface area contributed by atoms with Crippen molar-refractivity contribution in [2.24, 2.45) is 0 Å². The Balaban J connectivity index is 0.00000196. The maximum absolute atomic E-state index is 11.2. The molecule has 0 bridgehead atoms. The summed E-state index contributed by atoms with van der Waals surface area (Å²) in [5, 5.41) is 11.2. The van der Waals surface area contributed by atoms with Crippen LogP contribution < -0.4 is 18.9 Å². The Bertz CT molecular complexity index is 941. The van der Waals surface area contributed by atoms with Crippen LogP contribution >= 0.6 is 0 Å². The monoisotopic (exact) mass is 331 g/mol. The van der Waals surface area contributed by atoms with Gasteiger partial charge in [-0.05, 0) is 77.8 Å². The minimum atomic E-state index is 0. The third-order valence-corrected chi connectivity index (χ3v) is 5.53. The van der Waals surface area contributed by atoms with E-state index in [1.807, 2.05) is 0 Å². The van der Waals surface area contributed by atoms with Gasteiger partial charge in [0.15, 0.2) is 0 Å². The Kier molecular flexibility index (Phi) is 4.98. The summed E-state index contributed by atoms with van der Waals surface area (Å²) in [6.45, 7) is 8.48. The van der Waals surface area contributed by atoms with Crippen LogP contribution in [-0.2, 0) is 0 Å². The quantitative estimate of drug-likeness (QED) is 0.479. The second kappa shape index (κ2) is 6.91. The molecule has 1 nitrogen and oxygen atoms in total. The molecule has 1 aliphatic rings. The molecule has 0 atom stereocenters. The van der Waals surface area contributed by atoms with Gasteiger partial charge in [0.1, 0.15) is 0 Å². The summed E-state index contributed by atoms with van der Waals surface area (Å²) in [5.74, 6) is 0.155. The summed E-state index contributed by atoms with van der Waals surface area (Å²) in [6.07, 6.45) is 0. The standard InChI is InChI=1S/C24H22N.Li/c1-14-10-12-16(3)21-19(14)23(18-8-6-5-7-9-18)20-15(2)11-13-17(4)22(20)24(21)25;/h5-13,23H,1-4H3;/q-1;+1. The van der Waals surface area contributed by atoms with Crippen molar-refractivity contribution in [1.82, 2.24) is 0 Å². The van der Waals surface area contributed by atoms with E-state index in [1.165, 1.54) is 27.8 Å². The fourth-order valence-electron chi connectivity index (χ4n) is 4.29. The fraction of sp³-hybridized carbons (Fsp3) is 0.208. The van der Waals surface area contributed by atoms with E-state index in [-0.39, 0.29) is 24.8 Å². The van der Waals surface area contributed by atoms with Crippen LogP contribution in [0.3, 0.4) is 0 Å². The second-order valence-corrected chi connectivity index (χ2v) is 7.17. The van der Waals surface area contributed by atoms with Crippen molar-refractivity contribution in [3.05, 3.63) is 110 Å². The zero-order chi connectivity index (χ0) is 17.7. The van der Waals surface area contributed by atoms with E-state index in [4.69, 9.17) is 0 Å². The summed E-state index contributed by atoms with van der Waals surface area (Å²) in [7, 11) is 0. The van der Waals surface area contributed by atoms with Crippen LogP contribution in [0.5, 0.6) is 0 Å². The van der Waals surface area contributed by atoms with Gasteiger partial charge < -0.3 is 5.41 Å². The second-order valence-electron chi connectivity index (χ2n) is 7.17. The predicted molar refractivity (Wildman–Crippen MR) is 106 cm³/mol. The molecular weight excluding hydrogens is 309 g/mol. The SMILES string of the molecule is Cc1ccc(C)c2c1C(=[N-])c1c(C)ccc(C)c1C2c1ccccc1.[Li+]. The third-order valence-electron chi connectivity index (χ3n) is 5.53. The van der Waals surface area contributed by atoms with Crippen LogP contribution in [0.25, 0.3) is 5.41 Å². The predicted octanol–water partition coefficient (Wildman–Crippen LogP) is 2.82. The van der Waals surface area contributed by atoms with Gasteiger partial charge in [0, 0.05) is 5.92 Å². The molecule has 0 amide bonds. The molecule has 124 valence electrons. The average Bonchev–Trinajstić information content (AvgIpc) is 2.61. The maximum atomic E-state index is 11.2. The summed E-state index contributed by atoms with van der Waals surface area (Å²) < 4.78 is 0. The third kappa shape index (κ3) is 2.67. The van der Waals surface area contributed by atoms with Crippen molar-refractivity contribution in [3.8, 4) is 0 Å². The van der Waals surface area contributed by atoms with E-state index in [2.05, 4.69) is 82.3 Å². The van der Waals surface area contributed by atoms with E-state index in [0.717, 1.165) is 22.3 Å². The minimum absolute atomic E-state index is 0. The van der Waals surface area contributed by atoms with Gasteiger partial charge in [-0.1, -0.05) is 54.6 Å². The van der Waals surface area contributed by atoms with Crippen LogP contribution in [0.1, 0.15) is 56.0 Å². The molecule has 3 aromatic carbocycles. The van der Waals surface area contributed by atoms with Gasteiger partial charge in [0.2, 0.25) is 0 Å². The zero-order valence-corrected chi connectivity index (χ0v) is 16.2. The molecule has 26 heavy (non-hydrogen) atoms. The van der Waals surface area contributed by atoms with Crippen LogP contribution in [0.15, 0.2) is 54.6 Å². The van der Waals surface area contributed by atoms with Crippen molar-refractivity contribution in [3.63, 3.8) is 0 Å². The van der Waals surface area contributed by atoms with Crippen molar-refractivity contribution < 1.29 is 18.9 Å². The van der Waals surface area contributed by atoms with Crippen molar-refractivity contribution in [2.75, 3.05) is 0 Å². The first-order valence-corrected chi connectivity index (χ1v) is 8.82. The van der Waals surface area contributed by atoms with Gasteiger partial charge in [0.05, 0.1) is 0 Å². The Morgan fingerprint density at radius 2 is 1.04 bits per heavy atom. The maximum Gasteiger partial charge on any atom is 1.00 e. The first-order valence-electron chi connectivity index (χ1n) is 8.82. The zero-order valence-electron chi connectivity index (χ0n) is 16.2. The van der Waals surface area contributed by atoms with Gasteiger partial charge in [0.25, 0.3) is 0 Å². The van der Waals surface area contributed by atoms with Crippen LogP contribution in [0, 0.1) is 27.7 Å². The molecule has 3 aromatic rings. The van der Waals surface area contributed by atoms with Crippen LogP contribution in [0.2, 0.25) is 0 Å². The topological polar surface area (TPSA) is 22.3 Å². The number of hydrogen-bond acceptors (Lipinski definition) is 0. The van der Waals surface area contributed by atoms with Gasteiger partial charge in [-0.2, -0.15) is 0 Å². The van der Waals surface area contributed by atoms with Gasteiger partial charge in [-0.15, -0.1) is 5.71 Å². The average molecular weight is 331 g/mol. The molecule has 0 radical (unpaired) electrons. The Hall–Kier alpha value is -2.07. The Morgan fingerprint density at radius 1 is 0.615 bits per heavy atom. The molecule has 1 aliphatic carbocycles. The molecule has 0 spiro atoms.